The molecule has 0 aliphatic heterocycles. The van der Waals surface area contributed by atoms with Gasteiger partial charge in [0.25, 0.3) is 0 Å². The molecule has 0 aliphatic rings. The molecule has 70 valence electrons. The van der Waals surface area contributed by atoms with Crippen LogP contribution in [0.1, 0.15) is 20.8 Å². The van der Waals surface area contributed by atoms with Gasteiger partial charge in [0.1, 0.15) is 0 Å². The molecule has 0 atom stereocenters. The maximum Gasteiger partial charge on any atom is 0.0923 e. The molecule has 0 rings (SSSR count). The molecule has 0 aromatic rings. The van der Waals surface area contributed by atoms with E-state index in [-0.39, 0.29) is 5.41 Å². The molecule has 12 heavy (non-hydrogen) atoms. The van der Waals surface area contributed by atoms with E-state index in [0.717, 1.165) is 5.57 Å². The Kier molecular flexibility index (Phi) is 3.96. The molecule has 0 bridgehead atoms. The lowest BCUT2D eigenvalue weighted by Crippen LogP contribution is -2.29. The van der Waals surface area contributed by atoms with Crippen molar-refractivity contribution in [1.29, 1.82) is 0 Å². The number of rotatable bonds is 4. The van der Waals surface area contributed by atoms with E-state index in [1.54, 1.807) is 7.11 Å². The molecule has 0 amide bonds. The topological polar surface area (TPSA) is 41.8 Å². The van der Waals surface area contributed by atoms with Crippen molar-refractivity contribution in [2.45, 2.75) is 20.8 Å². The molecular formula is C9H17NO2. The third kappa shape index (κ3) is 2.34. The highest BCUT2D eigenvalue weighted by Gasteiger charge is 2.26. The van der Waals surface area contributed by atoms with Gasteiger partial charge in [-0.1, -0.05) is 31.2 Å². The highest BCUT2D eigenvalue weighted by atomic mass is 16.5. The van der Waals surface area contributed by atoms with Gasteiger partial charge in [0.05, 0.1) is 12.3 Å². The van der Waals surface area contributed by atoms with Crippen molar-refractivity contribution in [3.05, 3.63) is 12.2 Å². The van der Waals surface area contributed by atoms with Crippen LogP contribution in [0.2, 0.25) is 0 Å². The number of hydrogen-bond acceptors (Lipinski definition) is 3. The van der Waals surface area contributed by atoms with Gasteiger partial charge in [-0.25, -0.2) is 0 Å². The number of nitrogens with zero attached hydrogens (tertiary/aromatic N) is 1. The van der Waals surface area contributed by atoms with Gasteiger partial charge in [0.15, 0.2) is 0 Å². The van der Waals surface area contributed by atoms with Crippen LogP contribution in [0, 0.1) is 5.41 Å². The van der Waals surface area contributed by atoms with Gasteiger partial charge >= 0.3 is 0 Å². The third-order valence-electron chi connectivity index (χ3n) is 2.19. The molecule has 0 spiro atoms. The van der Waals surface area contributed by atoms with Crippen molar-refractivity contribution in [3.63, 3.8) is 0 Å². The van der Waals surface area contributed by atoms with Gasteiger partial charge in [-0.05, 0) is 6.92 Å². The summed E-state index contributed by atoms with van der Waals surface area (Å²) in [5.41, 5.74) is 1.25. The van der Waals surface area contributed by atoms with Crippen molar-refractivity contribution in [2.24, 2.45) is 10.6 Å². The predicted molar refractivity (Wildman–Crippen MR) is 49.7 cm³/mol. The molecule has 0 radical (unpaired) electrons. The van der Waals surface area contributed by atoms with Crippen LogP contribution in [-0.4, -0.2) is 24.6 Å². The fourth-order valence-corrected chi connectivity index (χ4v) is 0.717. The highest BCUT2D eigenvalue weighted by Crippen LogP contribution is 2.26. The van der Waals surface area contributed by atoms with Crippen molar-refractivity contribution >= 4 is 5.71 Å². The minimum absolute atomic E-state index is 0.301. The van der Waals surface area contributed by atoms with Gasteiger partial charge in [-0.2, -0.15) is 0 Å². The van der Waals surface area contributed by atoms with Crippen LogP contribution in [0.25, 0.3) is 0 Å². The monoisotopic (exact) mass is 171 g/mol. The maximum atomic E-state index is 8.71. The number of allylic oxidation sites excluding steroid dienone is 1. The average Bonchev–Trinajstić information content (AvgIpc) is 1.99. The number of ether oxygens (including phenoxy) is 1. The summed E-state index contributed by atoms with van der Waals surface area (Å²) in [6.07, 6.45) is 0. The van der Waals surface area contributed by atoms with Crippen LogP contribution < -0.4 is 0 Å². The summed E-state index contributed by atoms with van der Waals surface area (Å²) in [5, 5.41) is 11.9. The highest BCUT2D eigenvalue weighted by molar-refractivity contribution is 5.92. The SMILES string of the molecule is C=C(C)C(C)(C)C(COC)=NO. The molecule has 0 aromatic heterocycles. The fraction of sp³-hybridized carbons (Fsp3) is 0.667. The van der Waals surface area contributed by atoms with E-state index >= 15 is 0 Å². The second-order valence-corrected chi connectivity index (χ2v) is 3.39. The van der Waals surface area contributed by atoms with E-state index in [1.807, 2.05) is 20.8 Å². The number of oxime groups is 1. The zero-order valence-electron chi connectivity index (χ0n) is 8.22. The number of methoxy groups -OCH3 is 1. The molecule has 0 aliphatic carbocycles. The molecule has 1 N–H and O–H groups in total. The fourth-order valence-electron chi connectivity index (χ4n) is 0.717. The Morgan fingerprint density at radius 3 is 2.33 bits per heavy atom. The standard InChI is InChI=1S/C9H17NO2/c1-7(2)9(3,4)8(10-11)6-12-5/h11H,1,6H2,2-5H3. The molecule has 3 nitrogen and oxygen atoms in total. The van der Waals surface area contributed by atoms with Gasteiger partial charge in [-0.15, -0.1) is 0 Å². The summed E-state index contributed by atoms with van der Waals surface area (Å²) in [5.74, 6) is 0. The first-order valence-corrected chi connectivity index (χ1v) is 3.83. The third-order valence-corrected chi connectivity index (χ3v) is 2.19. The molecule has 0 fully saturated rings. The maximum absolute atomic E-state index is 8.71. The van der Waals surface area contributed by atoms with Gasteiger partial charge < -0.3 is 9.94 Å². The quantitative estimate of drug-likeness (QED) is 0.304. The van der Waals surface area contributed by atoms with Crippen LogP contribution in [0.15, 0.2) is 17.3 Å². The average molecular weight is 171 g/mol. The van der Waals surface area contributed by atoms with Crippen LogP contribution in [-0.2, 0) is 4.74 Å². The van der Waals surface area contributed by atoms with Crippen LogP contribution in [0.3, 0.4) is 0 Å². The van der Waals surface area contributed by atoms with Gasteiger partial charge in [0, 0.05) is 12.5 Å². The Morgan fingerprint density at radius 1 is 1.58 bits per heavy atom. The summed E-state index contributed by atoms with van der Waals surface area (Å²) in [6, 6.07) is 0. The van der Waals surface area contributed by atoms with Gasteiger partial charge in [0.2, 0.25) is 0 Å². The Hall–Kier alpha value is -0.830. The zero-order chi connectivity index (χ0) is 9.78. The lowest BCUT2D eigenvalue weighted by atomic mass is 9.81. The van der Waals surface area contributed by atoms with E-state index in [0.29, 0.717) is 12.3 Å². The Balaban J connectivity index is 4.61. The van der Waals surface area contributed by atoms with E-state index < -0.39 is 0 Å². The smallest absolute Gasteiger partial charge is 0.0923 e. The van der Waals surface area contributed by atoms with E-state index in [1.165, 1.54) is 0 Å². The minimum Gasteiger partial charge on any atom is -0.411 e. The summed E-state index contributed by atoms with van der Waals surface area (Å²) >= 11 is 0. The van der Waals surface area contributed by atoms with Crippen LogP contribution >= 0.6 is 0 Å². The molecule has 0 aromatic carbocycles. The Bertz CT molecular complexity index is 195. The van der Waals surface area contributed by atoms with E-state index in [9.17, 15) is 0 Å². The number of hydrogen-bond donors (Lipinski definition) is 1. The minimum atomic E-state index is -0.301. The zero-order valence-corrected chi connectivity index (χ0v) is 8.22. The van der Waals surface area contributed by atoms with Gasteiger partial charge in [-0.3, -0.25) is 0 Å². The molecule has 0 saturated heterocycles. The first kappa shape index (κ1) is 11.2. The van der Waals surface area contributed by atoms with Crippen molar-refractivity contribution in [2.75, 3.05) is 13.7 Å². The first-order chi connectivity index (χ1) is 5.46. The van der Waals surface area contributed by atoms with Crippen LogP contribution in [0.4, 0.5) is 0 Å². The van der Waals surface area contributed by atoms with E-state index in [2.05, 4.69) is 11.7 Å². The summed E-state index contributed by atoms with van der Waals surface area (Å²) < 4.78 is 4.90. The lowest BCUT2D eigenvalue weighted by Gasteiger charge is -2.25. The summed E-state index contributed by atoms with van der Waals surface area (Å²) in [4.78, 5) is 0. The van der Waals surface area contributed by atoms with Crippen molar-refractivity contribution in [1.82, 2.24) is 0 Å². The molecule has 0 heterocycles. The van der Waals surface area contributed by atoms with Crippen molar-refractivity contribution < 1.29 is 9.94 Å². The second-order valence-electron chi connectivity index (χ2n) is 3.39. The molecular weight excluding hydrogens is 154 g/mol. The summed E-state index contributed by atoms with van der Waals surface area (Å²) in [7, 11) is 1.57. The molecule has 0 saturated carbocycles. The molecule has 3 heteroatoms. The Morgan fingerprint density at radius 2 is 2.08 bits per heavy atom. The molecule has 0 unspecified atom stereocenters. The largest absolute Gasteiger partial charge is 0.411 e. The van der Waals surface area contributed by atoms with Crippen molar-refractivity contribution in [3.8, 4) is 0 Å². The predicted octanol–water partition coefficient (Wildman–Crippen LogP) is 2.07. The first-order valence-electron chi connectivity index (χ1n) is 3.83. The van der Waals surface area contributed by atoms with E-state index in [4.69, 9.17) is 9.94 Å². The second kappa shape index (κ2) is 4.26. The van der Waals surface area contributed by atoms with Crippen LogP contribution in [0.5, 0.6) is 0 Å². The summed E-state index contributed by atoms with van der Waals surface area (Å²) in [6.45, 7) is 9.96. The normalized spacial score (nSPS) is 13.2. The lowest BCUT2D eigenvalue weighted by molar-refractivity contribution is 0.228. The Labute approximate surface area is 73.7 Å².